The van der Waals surface area contributed by atoms with Crippen molar-refractivity contribution in [2.75, 3.05) is 6.61 Å². The molecule has 0 unspecified atom stereocenters. The summed E-state index contributed by atoms with van der Waals surface area (Å²) in [6.07, 6.45) is 4.83. The quantitative estimate of drug-likeness (QED) is 0.505. The van der Waals surface area contributed by atoms with Crippen LogP contribution in [0.4, 0.5) is 13.2 Å². The third-order valence-corrected chi connectivity index (χ3v) is 1.20. The highest BCUT2D eigenvalue weighted by atomic mass is 19.2. The number of ether oxygens (including phenoxy) is 1. The van der Waals surface area contributed by atoms with E-state index in [1.54, 1.807) is 0 Å². The average Bonchev–Trinajstić information content (AvgIpc) is 2.10. The smallest absolute Gasteiger partial charge is 0.195 e. The van der Waals surface area contributed by atoms with Gasteiger partial charge in [-0.2, -0.15) is 0 Å². The Morgan fingerprint density at radius 1 is 1.46 bits per heavy atom. The molecular weight excluding hydrogens is 181 g/mol. The zero-order valence-electron chi connectivity index (χ0n) is 6.40. The van der Waals surface area contributed by atoms with E-state index in [4.69, 9.17) is 6.42 Å². The number of rotatable bonds is 2. The minimum absolute atomic E-state index is 0.152. The summed E-state index contributed by atoms with van der Waals surface area (Å²) in [6.45, 7) is -0.152. The SMILES string of the molecule is C#CCOc1[c]c(F)c(F)c(F)c1. The predicted octanol–water partition coefficient (Wildman–Crippen LogP) is 1.92. The van der Waals surface area contributed by atoms with Crippen LogP contribution in [0.5, 0.6) is 5.75 Å². The third kappa shape index (κ3) is 2.15. The number of hydrogen-bond acceptors (Lipinski definition) is 1. The van der Waals surface area contributed by atoms with Gasteiger partial charge in [-0.25, -0.2) is 13.2 Å². The first-order valence-electron chi connectivity index (χ1n) is 3.28. The molecule has 0 bridgehead atoms. The summed E-state index contributed by atoms with van der Waals surface area (Å²) in [5, 5.41) is 0. The minimum atomic E-state index is -1.58. The van der Waals surface area contributed by atoms with Crippen LogP contribution in [0.1, 0.15) is 0 Å². The molecule has 1 rings (SSSR count). The second-order valence-electron chi connectivity index (χ2n) is 2.10. The van der Waals surface area contributed by atoms with E-state index in [1.807, 2.05) is 6.07 Å². The van der Waals surface area contributed by atoms with Gasteiger partial charge in [0.2, 0.25) is 0 Å². The Morgan fingerprint density at radius 2 is 2.15 bits per heavy atom. The van der Waals surface area contributed by atoms with Gasteiger partial charge in [0.1, 0.15) is 12.4 Å². The van der Waals surface area contributed by atoms with Gasteiger partial charge >= 0.3 is 0 Å². The van der Waals surface area contributed by atoms with Gasteiger partial charge in [-0.05, 0) is 0 Å². The van der Waals surface area contributed by atoms with Gasteiger partial charge < -0.3 is 4.74 Å². The Kier molecular flexibility index (Phi) is 2.80. The van der Waals surface area contributed by atoms with E-state index < -0.39 is 17.5 Å². The molecule has 0 saturated carbocycles. The van der Waals surface area contributed by atoms with Gasteiger partial charge in [0.15, 0.2) is 17.5 Å². The highest BCUT2D eigenvalue weighted by Crippen LogP contribution is 2.18. The van der Waals surface area contributed by atoms with Crippen LogP contribution < -0.4 is 4.74 Å². The van der Waals surface area contributed by atoms with Crippen LogP contribution in [0, 0.1) is 35.9 Å². The number of terminal acetylenes is 1. The molecule has 0 saturated heterocycles. The molecule has 13 heavy (non-hydrogen) atoms. The minimum Gasteiger partial charge on any atom is -0.480 e. The Bertz CT molecular complexity index is 331. The van der Waals surface area contributed by atoms with Crippen molar-refractivity contribution in [3.63, 3.8) is 0 Å². The van der Waals surface area contributed by atoms with Gasteiger partial charge in [-0.3, -0.25) is 0 Å². The molecule has 0 aliphatic rings. The molecular formula is C9H4F3O. The standard InChI is InChI=1S/C9H4F3O/c1-2-3-13-6-4-7(10)9(12)8(11)5-6/h1,4H,3H2. The average molecular weight is 185 g/mol. The van der Waals surface area contributed by atoms with Crippen LogP contribution in [0.15, 0.2) is 6.07 Å². The molecule has 0 aliphatic heterocycles. The first-order chi connectivity index (χ1) is 6.15. The van der Waals surface area contributed by atoms with Crippen molar-refractivity contribution in [3.05, 3.63) is 29.6 Å². The molecule has 0 aromatic heterocycles. The van der Waals surface area contributed by atoms with Crippen LogP contribution in [-0.4, -0.2) is 6.61 Å². The van der Waals surface area contributed by atoms with E-state index in [-0.39, 0.29) is 12.4 Å². The van der Waals surface area contributed by atoms with Crippen molar-refractivity contribution in [1.82, 2.24) is 0 Å². The van der Waals surface area contributed by atoms with Crippen LogP contribution in [0.3, 0.4) is 0 Å². The molecule has 0 atom stereocenters. The summed E-state index contributed by atoms with van der Waals surface area (Å²) in [5.74, 6) is -2.50. The van der Waals surface area contributed by atoms with E-state index in [0.717, 1.165) is 0 Å². The van der Waals surface area contributed by atoms with E-state index in [2.05, 4.69) is 10.7 Å². The number of benzene rings is 1. The highest BCUT2D eigenvalue weighted by Gasteiger charge is 2.11. The maximum absolute atomic E-state index is 12.5. The lowest BCUT2D eigenvalue weighted by molar-refractivity contribution is 0.356. The van der Waals surface area contributed by atoms with Gasteiger partial charge in [-0.1, -0.05) is 5.92 Å². The van der Waals surface area contributed by atoms with Gasteiger partial charge in [0.05, 0.1) is 6.07 Å². The largest absolute Gasteiger partial charge is 0.480 e. The van der Waals surface area contributed by atoms with Crippen molar-refractivity contribution in [2.24, 2.45) is 0 Å². The zero-order chi connectivity index (χ0) is 9.84. The first-order valence-corrected chi connectivity index (χ1v) is 3.28. The molecule has 1 nitrogen and oxygen atoms in total. The first kappa shape index (κ1) is 9.46. The predicted molar refractivity (Wildman–Crippen MR) is 39.5 cm³/mol. The topological polar surface area (TPSA) is 9.23 Å². The fourth-order valence-corrected chi connectivity index (χ4v) is 0.680. The summed E-state index contributed by atoms with van der Waals surface area (Å²) in [4.78, 5) is 0. The number of halogens is 3. The van der Waals surface area contributed by atoms with Crippen LogP contribution in [-0.2, 0) is 0 Å². The second kappa shape index (κ2) is 3.85. The molecule has 1 radical (unpaired) electrons. The maximum Gasteiger partial charge on any atom is 0.195 e. The van der Waals surface area contributed by atoms with E-state index in [9.17, 15) is 13.2 Å². The van der Waals surface area contributed by atoms with Crippen molar-refractivity contribution in [1.29, 1.82) is 0 Å². The van der Waals surface area contributed by atoms with E-state index >= 15 is 0 Å². The molecule has 0 fully saturated rings. The second-order valence-corrected chi connectivity index (χ2v) is 2.10. The van der Waals surface area contributed by atoms with Crippen molar-refractivity contribution in [2.45, 2.75) is 0 Å². The summed E-state index contributed by atoms with van der Waals surface area (Å²) in [5.41, 5.74) is 0. The Hall–Kier alpha value is -1.63. The zero-order valence-corrected chi connectivity index (χ0v) is 6.40. The molecule has 1 aromatic rings. The van der Waals surface area contributed by atoms with Crippen molar-refractivity contribution in [3.8, 4) is 18.1 Å². The lowest BCUT2D eigenvalue weighted by atomic mass is 10.3. The Balaban J connectivity index is 2.94. The van der Waals surface area contributed by atoms with E-state index in [1.165, 1.54) is 0 Å². The monoisotopic (exact) mass is 185 g/mol. The van der Waals surface area contributed by atoms with Gasteiger partial charge in [-0.15, -0.1) is 6.42 Å². The molecule has 0 N–H and O–H groups in total. The van der Waals surface area contributed by atoms with Gasteiger partial charge in [0.25, 0.3) is 0 Å². The molecule has 0 amide bonds. The Morgan fingerprint density at radius 3 is 2.69 bits per heavy atom. The maximum atomic E-state index is 12.5. The molecule has 1 aromatic carbocycles. The van der Waals surface area contributed by atoms with E-state index in [0.29, 0.717) is 6.07 Å². The van der Waals surface area contributed by atoms with Crippen molar-refractivity contribution < 1.29 is 17.9 Å². The van der Waals surface area contributed by atoms with Crippen LogP contribution >= 0.6 is 0 Å². The highest BCUT2D eigenvalue weighted by molar-refractivity contribution is 5.23. The summed E-state index contributed by atoms with van der Waals surface area (Å²) >= 11 is 0. The fraction of sp³-hybridized carbons (Fsp3) is 0.111. The fourth-order valence-electron chi connectivity index (χ4n) is 0.680. The molecule has 4 heteroatoms. The van der Waals surface area contributed by atoms with Crippen LogP contribution in [0.2, 0.25) is 0 Å². The molecule has 0 aliphatic carbocycles. The summed E-state index contributed by atoms with van der Waals surface area (Å²) < 4.78 is 42.0. The molecule has 0 heterocycles. The number of hydrogen-bond donors (Lipinski definition) is 0. The third-order valence-electron chi connectivity index (χ3n) is 1.20. The van der Waals surface area contributed by atoms with Crippen LogP contribution in [0.25, 0.3) is 0 Å². The van der Waals surface area contributed by atoms with Crippen molar-refractivity contribution >= 4 is 0 Å². The summed E-state index contributed by atoms with van der Waals surface area (Å²) in [7, 11) is 0. The van der Waals surface area contributed by atoms with Gasteiger partial charge in [0, 0.05) is 6.07 Å². The molecule has 67 valence electrons. The lowest BCUT2D eigenvalue weighted by Crippen LogP contribution is -1.97. The lowest BCUT2D eigenvalue weighted by Gasteiger charge is -2.02. The molecule has 0 spiro atoms. The summed E-state index contributed by atoms with van der Waals surface area (Å²) in [6, 6.07) is 2.53. The normalized spacial score (nSPS) is 9.38. The Labute approximate surface area is 73.1 Å².